The van der Waals surface area contributed by atoms with Gasteiger partial charge in [0.05, 0.1) is 18.2 Å². The third-order valence-electron chi connectivity index (χ3n) is 4.66. The van der Waals surface area contributed by atoms with E-state index in [0.717, 1.165) is 5.56 Å². The van der Waals surface area contributed by atoms with E-state index in [1.54, 1.807) is 9.80 Å². The molecular formula is C19H28N2O2. The van der Waals surface area contributed by atoms with Gasteiger partial charge in [-0.05, 0) is 24.3 Å². The summed E-state index contributed by atoms with van der Waals surface area (Å²) in [6.07, 6.45) is 3.83. The van der Waals surface area contributed by atoms with Crippen LogP contribution in [0.3, 0.4) is 0 Å². The molecule has 23 heavy (non-hydrogen) atoms. The minimum Gasteiger partial charge on any atom is -0.392 e. The molecule has 1 N–H and O–H groups in total. The largest absolute Gasteiger partial charge is 0.392 e. The van der Waals surface area contributed by atoms with E-state index < -0.39 is 6.10 Å². The maximum atomic E-state index is 12.5. The molecule has 3 unspecified atom stereocenters. The highest BCUT2D eigenvalue weighted by molar-refractivity contribution is 5.79. The molecular weight excluding hydrogens is 288 g/mol. The first kappa shape index (κ1) is 17.5. The van der Waals surface area contributed by atoms with Crippen LogP contribution in [0, 0.1) is 5.41 Å². The highest BCUT2D eigenvalue weighted by atomic mass is 16.3. The average molecular weight is 316 g/mol. The van der Waals surface area contributed by atoms with E-state index in [1.807, 2.05) is 58.3 Å². The molecule has 2 amide bonds. The molecule has 0 radical (unpaired) electrons. The van der Waals surface area contributed by atoms with Crippen LogP contribution in [0.1, 0.15) is 45.7 Å². The summed E-state index contributed by atoms with van der Waals surface area (Å²) in [4.78, 5) is 16.0. The fourth-order valence-corrected chi connectivity index (χ4v) is 2.82. The van der Waals surface area contributed by atoms with Crippen LogP contribution in [0.2, 0.25) is 0 Å². The number of hydrogen-bond acceptors (Lipinski definition) is 2. The number of rotatable bonds is 4. The Bertz CT molecular complexity index is 562. The Balaban J connectivity index is 2.19. The summed E-state index contributed by atoms with van der Waals surface area (Å²) in [6.45, 7) is 8.09. The molecule has 1 aromatic carbocycles. The van der Waals surface area contributed by atoms with Crippen molar-refractivity contribution in [3.63, 3.8) is 0 Å². The highest BCUT2D eigenvalue weighted by Gasteiger charge is 2.40. The lowest BCUT2D eigenvalue weighted by molar-refractivity contribution is 0.0656. The van der Waals surface area contributed by atoms with Gasteiger partial charge in [0.15, 0.2) is 0 Å². The molecule has 1 saturated heterocycles. The zero-order valence-corrected chi connectivity index (χ0v) is 14.7. The van der Waals surface area contributed by atoms with Crippen molar-refractivity contribution in [3.8, 4) is 0 Å². The Kier molecular flexibility index (Phi) is 5.15. The molecule has 2 rings (SSSR count). The molecule has 1 aliphatic rings. The molecule has 0 saturated carbocycles. The van der Waals surface area contributed by atoms with Gasteiger partial charge < -0.3 is 10.0 Å². The summed E-state index contributed by atoms with van der Waals surface area (Å²) in [7, 11) is 1.83. The summed E-state index contributed by atoms with van der Waals surface area (Å²) in [5.41, 5.74) is 0.959. The van der Waals surface area contributed by atoms with E-state index in [1.165, 1.54) is 0 Å². The summed E-state index contributed by atoms with van der Waals surface area (Å²) >= 11 is 0. The fourth-order valence-electron chi connectivity index (χ4n) is 2.82. The van der Waals surface area contributed by atoms with E-state index in [0.29, 0.717) is 6.42 Å². The first-order chi connectivity index (χ1) is 10.7. The molecule has 1 aromatic rings. The van der Waals surface area contributed by atoms with Crippen molar-refractivity contribution >= 4 is 6.03 Å². The molecule has 0 aliphatic carbocycles. The SMILES string of the molecule is CC1C(c2ccccc2)N(/C=C\CC(O)C(C)(C)C)C(=O)N1C. The molecule has 4 nitrogen and oxygen atoms in total. The predicted molar refractivity (Wildman–Crippen MR) is 92.9 cm³/mol. The van der Waals surface area contributed by atoms with Crippen LogP contribution in [0.4, 0.5) is 4.79 Å². The smallest absolute Gasteiger partial charge is 0.324 e. The van der Waals surface area contributed by atoms with Crippen molar-refractivity contribution in [2.75, 3.05) is 7.05 Å². The second-order valence-electron chi connectivity index (χ2n) is 7.40. The molecule has 0 spiro atoms. The first-order valence-corrected chi connectivity index (χ1v) is 8.18. The number of benzene rings is 1. The number of amides is 2. The third kappa shape index (κ3) is 3.75. The van der Waals surface area contributed by atoms with Gasteiger partial charge in [-0.15, -0.1) is 0 Å². The zero-order valence-electron chi connectivity index (χ0n) is 14.7. The molecule has 1 fully saturated rings. The number of likely N-dealkylation sites (N-methyl/N-ethyl adjacent to an activating group) is 1. The van der Waals surface area contributed by atoms with Gasteiger partial charge in [0, 0.05) is 13.2 Å². The van der Waals surface area contributed by atoms with Gasteiger partial charge in [0.25, 0.3) is 0 Å². The molecule has 1 heterocycles. The normalized spacial score (nSPS) is 23.8. The summed E-state index contributed by atoms with van der Waals surface area (Å²) < 4.78 is 0. The van der Waals surface area contributed by atoms with Crippen LogP contribution in [-0.2, 0) is 0 Å². The number of nitrogens with zero attached hydrogens (tertiary/aromatic N) is 2. The van der Waals surface area contributed by atoms with Crippen molar-refractivity contribution in [1.82, 2.24) is 9.80 Å². The van der Waals surface area contributed by atoms with Crippen molar-refractivity contribution < 1.29 is 9.90 Å². The van der Waals surface area contributed by atoms with Crippen molar-refractivity contribution in [1.29, 1.82) is 0 Å². The van der Waals surface area contributed by atoms with Gasteiger partial charge in [-0.3, -0.25) is 4.90 Å². The van der Waals surface area contributed by atoms with E-state index >= 15 is 0 Å². The maximum Gasteiger partial charge on any atom is 0.324 e. The number of aliphatic hydroxyl groups excluding tert-OH is 1. The molecule has 1 aliphatic heterocycles. The molecule has 0 aromatic heterocycles. The van der Waals surface area contributed by atoms with E-state index in [9.17, 15) is 9.90 Å². The molecule has 0 bridgehead atoms. The van der Waals surface area contributed by atoms with Gasteiger partial charge >= 0.3 is 6.03 Å². The quantitative estimate of drug-likeness (QED) is 0.918. The lowest BCUT2D eigenvalue weighted by Gasteiger charge is -2.25. The van der Waals surface area contributed by atoms with Gasteiger partial charge in [0.2, 0.25) is 0 Å². The van der Waals surface area contributed by atoms with Crippen LogP contribution >= 0.6 is 0 Å². The molecule has 126 valence electrons. The Morgan fingerprint density at radius 2 is 1.87 bits per heavy atom. The molecule has 4 heteroatoms. The topological polar surface area (TPSA) is 43.8 Å². The fraction of sp³-hybridized carbons (Fsp3) is 0.526. The van der Waals surface area contributed by atoms with Crippen LogP contribution in [-0.4, -0.2) is 40.1 Å². The Labute approximate surface area is 139 Å². The Morgan fingerprint density at radius 3 is 2.43 bits per heavy atom. The maximum absolute atomic E-state index is 12.5. The van der Waals surface area contributed by atoms with Crippen LogP contribution in [0.5, 0.6) is 0 Å². The van der Waals surface area contributed by atoms with Crippen LogP contribution in [0.15, 0.2) is 42.6 Å². The minimum atomic E-state index is -0.429. The zero-order chi connectivity index (χ0) is 17.2. The van der Waals surface area contributed by atoms with E-state index in [4.69, 9.17) is 0 Å². The summed E-state index contributed by atoms with van der Waals surface area (Å²) in [6, 6.07) is 10.2. The highest BCUT2D eigenvalue weighted by Crippen LogP contribution is 2.34. The van der Waals surface area contributed by atoms with Gasteiger partial charge in [-0.2, -0.15) is 0 Å². The standard InChI is InChI=1S/C19H28N2O2/c1-14-17(15-10-7-6-8-11-15)21(18(23)20(14)5)13-9-12-16(22)19(2,3)4/h6-11,13-14,16-17,22H,12H2,1-5H3/b13-9-. The third-order valence-corrected chi connectivity index (χ3v) is 4.66. The van der Waals surface area contributed by atoms with E-state index in [-0.39, 0.29) is 23.5 Å². The Morgan fingerprint density at radius 1 is 1.26 bits per heavy atom. The second-order valence-corrected chi connectivity index (χ2v) is 7.40. The summed E-state index contributed by atoms with van der Waals surface area (Å²) in [5.74, 6) is 0. The van der Waals surface area contributed by atoms with Crippen molar-refractivity contribution in [3.05, 3.63) is 48.2 Å². The van der Waals surface area contributed by atoms with Gasteiger partial charge in [-0.1, -0.05) is 57.2 Å². The van der Waals surface area contributed by atoms with Crippen molar-refractivity contribution in [2.24, 2.45) is 5.41 Å². The van der Waals surface area contributed by atoms with Crippen LogP contribution in [0.25, 0.3) is 0 Å². The van der Waals surface area contributed by atoms with Crippen LogP contribution < -0.4 is 0 Å². The minimum absolute atomic E-state index is 0.00303. The predicted octanol–water partition coefficient (Wildman–Crippen LogP) is 3.79. The monoisotopic (exact) mass is 316 g/mol. The van der Waals surface area contributed by atoms with E-state index in [2.05, 4.69) is 19.1 Å². The lowest BCUT2D eigenvalue weighted by Crippen LogP contribution is -2.28. The average Bonchev–Trinajstić information content (AvgIpc) is 2.71. The number of carbonyl (C=O) groups excluding carboxylic acids is 1. The van der Waals surface area contributed by atoms with Crippen molar-refractivity contribution in [2.45, 2.75) is 52.3 Å². The first-order valence-electron chi connectivity index (χ1n) is 8.18. The number of hydrogen-bond donors (Lipinski definition) is 1. The summed E-state index contributed by atoms with van der Waals surface area (Å²) in [5, 5.41) is 10.1. The van der Waals surface area contributed by atoms with Gasteiger partial charge in [-0.25, -0.2) is 4.79 Å². The second kappa shape index (κ2) is 6.75. The van der Waals surface area contributed by atoms with Gasteiger partial charge in [0.1, 0.15) is 0 Å². The lowest BCUT2D eigenvalue weighted by atomic mass is 9.87. The number of aliphatic hydroxyl groups is 1. The molecule has 3 atom stereocenters. The number of urea groups is 1. The number of carbonyl (C=O) groups is 1. The Hall–Kier alpha value is -1.81.